The lowest BCUT2D eigenvalue weighted by atomic mass is 10.0. The molecule has 21 heavy (non-hydrogen) atoms. The number of allylic oxidation sites excluding steroid dienone is 1. The van der Waals surface area contributed by atoms with Crippen LogP contribution in [0.1, 0.15) is 116 Å². The summed E-state index contributed by atoms with van der Waals surface area (Å²) in [7, 11) is 2.65. The van der Waals surface area contributed by atoms with E-state index in [1.165, 1.54) is 109 Å². The lowest BCUT2D eigenvalue weighted by molar-refractivity contribution is 0.530. The fraction of sp³-hybridized carbons (Fsp3) is 0.900. The molecular formula is C20H41P. The molecule has 0 saturated carbocycles. The van der Waals surface area contributed by atoms with Crippen LogP contribution in [-0.4, -0.2) is 0 Å². The van der Waals surface area contributed by atoms with Gasteiger partial charge < -0.3 is 0 Å². The zero-order valence-corrected chi connectivity index (χ0v) is 15.9. The highest BCUT2D eigenvalue weighted by atomic mass is 31.0. The van der Waals surface area contributed by atoms with Gasteiger partial charge in [-0.05, 0) is 12.8 Å². The molecule has 0 aliphatic carbocycles. The largest absolute Gasteiger partial charge is 0.114 e. The highest BCUT2D eigenvalue weighted by Gasteiger charge is 1.94. The summed E-state index contributed by atoms with van der Waals surface area (Å²) in [6.45, 7) is 2.29. The Morgan fingerprint density at radius 3 is 1.19 bits per heavy atom. The summed E-state index contributed by atoms with van der Waals surface area (Å²) in [5, 5.41) is 0. The number of unbranched alkanes of at least 4 members (excludes halogenated alkanes) is 16. The first-order valence-electron chi connectivity index (χ1n) is 9.78. The summed E-state index contributed by atoms with van der Waals surface area (Å²) in [4.78, 5) is 0. The van der Waals surface area contributed by atoms with E-state index in [9.17, 15) is 0 Å². The topological polar surface area (TPSA) is 0 Å². The lowest BCUT2D eigenvalue weighted by Crippen LogP contribution is -1.83. The maximum absolute atomic E-state index is 2.65. The van der Waals surface area contributed by atoms with Crippen molar-refractivity contribution in [3.8, 4) is 0 Å². The molecule has 0 aromatic carbocycles. The van der Waals surface area contributed by atoms with E-state index in [-0.39, 0.29) is 0 Å². The molecule has 0 aromatic heterocycles. The fourth-order valence-corrected chi connectivity index (χ4v) is 3.10. The minimum atomic E-state index is 1.27. The number of hydrogen-bond acceptors (Lipinski definition) is 0. The van der Waals surface area contributed by atoms with Crippen molar-refractivity contribution >= 4 is 9.24 Å². The summed E-state index contributed by atoms with van der Waals surface area (Å²) < 4.78 is 0. The van der Waals surface area contributed by atoms with Crippen molar-refractivity contribution in [1.82, 2.24) is 0 Å². The normalized spacial score (nSPS) is 11.5. The zero-order chi connectivity index (χ0) is 15.4. The maximum Gasteiger partial charge on any atom is -0.0347 e. The van der Waals surface area contributed by atoms with Crippen LogP contribution < -0.4 is 0 Å². The third-order valence-electron chi connectivity index (χ3n) is 4.36. The molecule has 0 heterocycles. The van der Waals surface area contributed by atoms with Gasteiger partial charge in [-0.25, -0.2) is 0 Å². The Kier molecular flexibility index (Phi) is 20.3. The first kappa shape index (κ1) is 21.2. The number of hydrogen-bond donors (Lipinski definition) is 0. The Morgan fingerprint density at radius 2 is 0.857 bits per heavy atom. The SMILES string of the molecule is CCCCCCCCCCCCCCCCCC/C=C/P. The molecule has 1 unspecified atom stereocenters. The van der Waals surface area contributed by atoms with Gasteiger partial charge >= 0.3 is 0 Å². The Morgan fingerprint density at radius 1 is 0.524 bits per heavy atom. The Labute approximate surface area is 137 Å². The predicted molar refractivity (Wildman–Crippen MR) is 103 cm³/mol. The molecule has 0 spiro atoms. The standard InChI is InChI=1S/C20H41P/c1-2-3-4-5-6-7-8-9-10-11-12-13-14-15-16-17-18-19-20-21/h19-20H,2-18,21H2,1H3/b20-19+. The van der Waals surface area contributed by atoms with Gasteiger partial charge in [0.15, 0.2) is 0 Å². The van der Waals surface area contributed by atoms with Crippen molar-refractivity contribution in [3.05, 3.63) is 11.9 Å². The molecule has 0 rings (SSSR count). The monoisotopic (exact) mass is 312 g/mol. The van der Waals surface area contributed by atoms with E-state index in [1.807, 2.05) is 0 Å². The smallest absolute Gasteiger partial charge is 0.0347 e. The Hall–Kier alpha value is 0.170. The van der Waals surface area contributed by atoms with Crippen LogP contribution in [0.5, 0.6) is 0 Å². The van der Waals surface area contributed by atoms with Crippen molar-refractivity contribution in [2.24, 2.45) is 0 Å². The second kappa shape index (κ2) is 20.2. The van der Waals surface area contributed by atoms with Gasteiger partial charge in [0.2, 0.25) is 0 Å². The van der Waals surface area contributed by atoms with Crippen molar-refractivity contribution < 1.29 is 0 Å². The van der Waals surface area contributed by atoms with E-state index in [2.05, 4.69) is 28.1 Å². The summed E-state index contributed by atoms with van der Waals surface area (Å²) in [5.74, 6) is 2.09. The molecule has 0 nitrogen and oxygen atoms in total. The van der Waals surface area contributed by atoms with Gasteiger partial charge in [0.05, 0.1) is 0 Å². The Bertz CT molecular complexity index is 198. The maximum atomic E-state index is 2.65. The van der Waals surface area contributed by atoms with E-state index in [0.29, 0.717) is 0 Å². The van der Waals surface area contributed by atoms with E-state index < -0.39 is 0 Å². The van der Waals surface area contributed by atoms with Gasteiger partial charge in [0, 0.05) is 0 Å². The molecule has 1 heteroatoms. The van der Waals surface area contributed by atoms with Crippen LogP contribution in [0, 0.1) is 0 Å². The molecule has 0 aliphatic rings. The quantitative estimate of drug-likeness (QED) is 0.188. The highest BCUT2D eigenvalue weighted by Crippen LogP contribution is 2.14. The molecule has 0 radical (unpaired) electrons. The fourth-order valence-electron chi connectivity index (χ4n) is 2.91. The first-order valence-corrected chi connectivity index (χ1v) is 10.4. The second-order valence-corrected chi connectivity index (χ2v) is 6.91. The highest BCUT2D eigenvalue weighted by molar-refractivity contribution is 7.20. The van der Waals surface area contributed by atoms with Gasteiger partial charge in [0.25, 0.3) is 0 Å². The van der Waals surface area contributed by atoms with E-state index in [0.717, 1.165) is 0 Å². The third-order valence-corrected chi connectivity index (χ3v) is 4.63. The second-order valence-electron chi connectivity index (χ2n) is 6.52. The summed E-state index contributed by atoms with van der Waals surface area (Å²) in [6, 6.07) is 0. The van der Waals surface area contributed by atoms with Crippen molar-refractivity contribution in [2.45, 2.75) is 116 Å². The molecule has 1 atom stereocenters. The zero-order valence-electron chi connectivity index (χ0n) is 14.8. The molecule has 0 bridgehead atoms. The summed E-state index contributed by atoms with van der Waals surface area (Å²) >= 11 is 0. The molecule has 126 valence electrons. The van der Waals surface area contributed by atoms with Gasteiger partial charge in [-0.3, -0.25) is 0 Å². The van der Waals surface area contributed by atoms with Crippen LogP contribution in [0.25, 0.3) is 0 Å². The van der Waals surface area contributed by atoms with Crippen molar-refractivity contribution in [1.29, 1.82) is 0 Å². The molecule has 0 amide bonds. The van der Waals surface area contributed by atoms with Gasteiger partial charge in [-0.15, -0.1) is 9.24 Å². The molecular weight excluding hydrogens is 271 g/mol. The molecule has 0 fully saturated rings. The van der Waals surface area contributed by atoms with Gasteiger partial charge in [-0.1, -0.05) is 115 Å². The van der Waals surface area contributed by atoms with Crippen LogP contribution in [0.3, 0.4) is 0 Å². The molecule has 0 aromatic rings. The van der Waals surface area contributed by atoms with E-state index in [4.69, 9.17) is 0 Å². The van der Waals surface area contributed by atoms with Crippen LogP contribution in [0.4, 0.5) is 0 Å². The summed E-state index contributed by atoms with van der Waals surface area (Å²) in [6.07, 6.45) is 26.8. The number of rotatable bonds is 17. The molecule has 0 N–H and O–H groups in total. The minimum absolute atomic E-state index is 1.27. The molecule has 0 saturated heterocycles. The third kappa shape index (κ3) is 20.2. The van der Waals surface area contributed by atoms with Crippen LogP contribution >= 0.6 is 9.24 Å². The van der Waals surface area contributed by atoms with Crippen molar-refractivity contribution in [2.75, 3.05) is 0 Å². The average molecular weight is 313 g/mol. The predicted octanol–water partition coefficient (Wildman–Crippen LogP) is 8.03. The minimum Gasteiger partial charge on any atom is -0.114 e. The average Bonchev–Trinajstić information content (AvgIpc) is 2.50. The summed E-state index contributed by atoms with van der Waals surface area (Å²) in [5.41, 5.74) is 0. The van der Waals surface area contributed by atoms with Crippen LogP contribution in [0.2, 0.25) is 0 Å². The lowest BCUT2D eigenvalue weighted by Gasteiger charge is -2.03. The van der Waals surface area contributed by atoms with Crippen molar-refractivity contribution in [3.63, 3.8) is 0 Å². The van der Waals surface area contributed by atoms with Gasteiger partial charge in [-0.2, -0.15) is 0 Å². The van der Waals surface area contributed by atoms with Gasteiger partial charge in [0.1, 0.15) is 0 Å². The van der Waals surface area contributed by atoms with Crippen LogP contribution in [0.15, 0.2) is 11.9 Å². The first-order chi connectivity index (χ1) is 10.4. The van der Waals surface area contributed by atoms with E-state index in [1.54, 1.807) is 0 Å². The van der Waals surface area contributed by atoms with Crippen LogP contribution in [-0.2, 0) is 0 Å². The Balaban J connectivity index is 2.93. The van der Waals surface area contributed by atoms with E-state index >= 15 is 0 Å². The molecule has 0 aliphatic heterocycles.